The summed E-state index contributed by atoms with van der Waals surface area (Å²) in [4.78, 5) is 14.3. The van der Waals surface area contributed by atoms with Gasteiger partial charge in [0, 0.05) is 0 Å². The summed E-state index contributed by atoms with van der Waals surface area (Å²) in [5, 5.41) is 27.3. The summed E-state index contributed by atoms with van der Waals surface area (Å²) in [6, 6.07) is 0. The number of carboxylic acid groups (broad SMARTS) is 1. The first-order valence-electron chi connectivity index (χ1n) is 3.32. The number of nitrogens with one attached hydrogen (secondary N) is 1. The molecule has 0 atom stereocenters. The molecule has 0 aromatic carbocycles. The van der Waals surface area contributed by atoms with E-state index in [9.17, 15) is 9.90 Å². The zero-order valence-corrected chi connectivity index (χ0v) is 6.22. The second-order valence-electron chi connectivity index (χ2n) is 2.32. The van der Waals surface area contributed by atoms with Gasteiger partial charge in [-0.05, 0) is 0 Å². The Labute approximate surface area is 71.0 Å². The molecule has 0 fully saturated rings. The number of aromatic hydroxyl groups is 1. The first kappa shape index (κ1) is 7.47. The Morgan fingerprint density at radius 3 is 2.92 bits per heavy atom. The van der Waals surface area contributed by atoms with E-state index in [-0.39, 0.29) is 16.7 Å². The van der Waals surface area contributed by atoms with Gasteiger partial charge in [0.15, 0.2) is 5.75 Å². The molecule has 0 aliphatic rings. The summed E-state index contributed by atoms with van der Waals surface area (Å²) >= 11 is 0. The highest BCUT2D eigenvalue weighted by Gasteiger charge is 2.17. The first-order chi connectivity index (χ1) is 6.20. The smallest absolute Gasteiger partial charge is 0.341 e. The standard InChI is InChI=1S/C6H4N4O3/c11-2-1-7-5-4(8-10-9-5)3(2)6(12)13/h1,11H,(H,12,13)(H,7,8,9,10). The number of hydrogen-bond acceptors (Lipinski definition) is 5. The highest BCUT2D eigenvalue weighted by atomic mass is 16.4. The molecule has 3 N–H and O–H groups in total. The number of fused-ring (bicyclic) bond motifs is 1. The van der Waals surface area contributed by atoms with E-state index >= 15 is 0 Å². The molecule has 2 rings (SSSR count). The van der Waals surface area contributed by atoms with Crippen LogP contribution < -0.4 is 0 Å². The number of H-pyrrole nitrogens is 1. The topological polar surface area (TPSA) is 112 Å². The van der Waals surface area contributed by atoms with Crippen molar-refractivity contribution < 1.29 is 15.0 Å². The lowest BCUT2D eigenvalue weighted by molar-refractivity contribution is 0.0695. The van der Waals surface area contributed by atoms with E-state index in [1.807, 2.05) is 0 Å². The zero-order chi connectivity index (χ0) is 9.42. The molecule has 0 aliphatic heterocycles. The van der Waals surface area contributed by atoms with E-state index < -0.39 is 11.7 Å². The van der Waals surface area contributed by atoms with Crippen LogP contribution in [0, 0.1) is 0 Å². The summed E-state index contributed by atoms with van der Waals surface area (Å²) in [5.74, 6) is -1.69. The second-order valence-corrected chi connectivity index (χ2v) is 2.32. The van der Waals surface area contributed by atoms with Gasteiger partial charge in [-0.2, -0.15) is 10.3 Å². The van der Waals surface area contributed by atoms with Gasteiger partial charge in [0.05, 0.1) is 6.20 Å². The maximum Gasteiger partial charge on any atom is 0.341 e. The van der Waals surface area contributed by atoms with Crippen LogP contribution in [0.5, 0.6) is 5.75 Å². The third-order valence-corrected chi connectivity index (χ3v) is 1.55. The first-order valence-corrected chi connectivity index (χ1v) is 3.32. The van der Waals surface area contributed by atoms with Crippen molar-refractivity contribution in [3.05, 3.63) is 11.8 Å². The Morgan fingerprint density at radius 2 is 2.23 bits per heavy atom. The number of aromatic carboxylic acids is 1. The van der Waals surface area contributed by atoms with Crippen LogP contribution in [0.15, 0.2) is 6.20 Å². The maximum atomic E-state index is 10.7. The average Bonchev–Trinajstić information content (AvgIpc) is 2.50. The summed E-state index contributed by atoms with van der Waals surface area (Å²) in [6.07, 6.45) is 1.02. The quantitative estimate of drug-likeness (QED) is 0.558. The highest BCUT2D eigenvalue weighted by molar-refractivity contribution is 6.02. The van der Waals surface area contributed by atoms with Crippen molar-refractivity contribution in [3.63, 3.8) is 0 Å². The molecule has 7 heteroatoms. The van der Waals surface area contributed by atoms with Gasteiger partial charge < -0.3 is 10.2 Å². The molecular formula is C6H4N4O3. The van der Waals surface area contributed by atoms with Crippen LogP contribution in [0.2, 0.25) is 0 Å². The van der Waals surface area contributed by atoms with Gasteiger partial charge in [-0.15, -0.1) is 5.10 Å². The largest absolute Gasteiger partial charge is 0.505 e. The molecule has 0 bridgehead atoms. The molecule has 0 saturated carbocycles. The molecule has 0 saturated heterocycles. The van der Waals surface area contributed by atoms with Crippen molar-refractivity contribution in [3.8, 4) is 5.75 Å². The number of carboxylic acids is 1. The number of rotatable bonds is 1. The molecule has 7 nitrogen and oxygen atoms in total. The molecule has 0 spiro atoms. The van der Waals surface area contributed by atoms with E-state index in [0.29, 0.717) is 0 Å². The van der Waals surface area contributed by atoms with Crippen LogP contribution in [0.3, 0.4) is 0 Å². The predicted molar refractivity (Wildman–Crippen MR) is 40.3 cm³/mol. The fourth-order valence-electron chi connectivity index (χ4n) is 1.00. The zero-order valence-electron chi connectivity index (χ0n) is 6.22. The van der Waals surface area contributed by atoms with E-state index in [4.69, 9.17) is 5.11 Å². The van der Waals surface area contributed by atoms with Crippen molar-refractivity contribution >= 4 is 17.1 Å². The molecule has 13 heavy (non-hydrogen) atoms. The number of aromatic amines is 1. The molecule has 2 heterocycles. The van der Waals surface area contributed by atoms with Crippen molar-refractivity contribution in [1.29, 1.82) is 0 Å². The molecular weight excluding hydrogens is 176 g/mol. The fourth-order valence-corrected chi connectivity index (χ4v) is 1.00. The molecule has 2 aromatic heterocycles. The number of nitrogens with zero attached hydrogens (tertiary/aromatic N) is 3. The van der Waals surface area contributed by atoms with Crippen molar-refractivity contribution in [1.82, 2.24) is 20.4 Å². The van der Waals surface area contributed by atoms with Gasteiger partial charge in [0.25, 0.3) is 0 Å². The van der Waals surface area contributed by atoms with E-state index in [0.717, 1.165) is 6.20 Å². The second kappa shape index (κ2) is 2.41. The lowest BCUT2D eigenvalue weighted by Gasteiger charge is -1.96. The van der Waals surface area contributed by atoms with Crippen LogP contribution in [0.1, 0.15) is 10.4 Å². The number of aromatic nitrogens is 4. The van der Waals surface area contributed by atoms with Gasteiger partial charge in [0.1, 0.15) is 11.1 Å². The van der Waals surface area contributed by atoms with Crippen LogP contribution in [0.25, 0.3) is 11.2 Å². The minimum Gasteiger partial charge on any atom is -0.505 e. The van der Waals surface area contributed by atoms with Crippen molar-refractivity contribution in [2.75, 3.05) is 0 Å². The molecule has 0 radical (unpaired) electrons. The van der Waals surface area contributed by atoms with Gasteiger partial charge in [-0.25, -0.2) is 9.78 Å². The summed E-state index contributed by atoms with van der Waals surface area (Å²) in [5.41, 5.74) is -0.0820. The van der Waals surface area contributed by atoms with E-state index in [1.54, 1.807) is 0 Å². The van der Waals surface area contributed by atoms with Gasteiger partial charge in [-0.1, -0.05) is 0 Å². The fraction of sp³-hybridized carbons (Fsp3) is 0. The van der Waals surface area contributed by atoms with Crippen LogP contribution >= 0.6 is 0 Å². The number of carbonyl (C=O) groups is 1. The molecule has 0 aliphatic carbocycles. The SMILES string of the molecule is O=C(O)c1c(O)cnc2n[nH]nc12. The number of hydrogen-bond donors (Lipinski definition) is 3. The Morgan fingerprint density at radius 1 is 1.46 bits per heavy atom. The monoisotopic (exact) mass is 180 g/mol. The molecule has 0 unspecified atom stereocenters. The molecule has 0 amide bonds. The highest BCUT2D eigenvalue weighted by Crippen LogP contribution is 2.21. The van der Waals surface area contributed by atoms with Crippen molar-refractivity contribution in [2.24, 2.45) is 0 Å². The lowest BCUT2D eigenvalue weighted by Crippen LogP contribution is -1.99. The predicted octanol–water partition coefficient (Wildman–Crippen LogP) is -0.243. The minimum atomic E-state index is -1.26. The minimum absolute atomic E-state index is 0.0486. The third kappa shape index (κ3) is 0.975. The van der Waals surface area contributed by atoms with Gasteiger partial charge in [-0.3, -0.25) is 0 Å². The van der Waals surface area contributed by atoms with Crippen LogP contribution in [0.4, 0.5) is 0 Å². The molecule has 2 aromatic rings. The Balaban J connectivity index is 2.88. The van der Waals surface area contributed by atoms with Crippen LogP contribution in [-0.4, -0.2) is 36.6 Å². The van der Waals surface area contributed by atoms with E-state index in [2.05, 4.69) is 20.4 Å². The summed E-state index contributed by atoms with van der Waals surface area (Å²) in [6.45, 7) is 0. The van der Waals surface area contributed by atoms with Crippen LogP contribution in [-0.2, 0) is 0 Å². The third-order valence-electron chi connectivity index (χ3n) is 1.55. The lowest BCUT2D eigenvalue weighted by atomic mass is 10.2. The van der Waals surface area contributed by atoms with Crippen molar-refractivity contribution in [2.45, 2.75) is 0 Å². The Kier molecular flexibility index (Phi) is 1.38. The summed E-state index contributed by atoms with van der Waals surface area (Å²) in [7, 11) is 0. The normalized spacial score (nSPS) is 10.5. The summed E-state index contributed by atoms with van der Waals surface area (Å²) < 4.78 is 0. The van der Waals surface area contributed by atoms with Gasteiger partial charge >= 0.3 is 5.97 Å². The Bertz CT molecular complexity index is 478. The van der Waals surface area contributed by atoms with Gasteiger partial charge in [0.2, 0.25) is 5.65 Å². The Hall–Kier alpha value is -2.18. The number of pyridine rings is 1. The van der Waals surface area contributed by atoms with E-state index in [1.165, 1.54) is 0 Å². The molecule has 66 valence electrons. The maximum absolute atomic E-state index is 10.7. The average molecular weight is 180 g/mol.